The zero-order valence-corrected chi connectivity index (χ0v) is 12.0. The van der Waals surface area contributed by atoms with E-state index >= 15 is 0 Å². The van der Waals surface area contributed by atoms with Crippen molar-refractivity contribution in [3.63, 3.8) is 0 Å². The molecule has 2 N–H and O–H groups in total. The molecule has 5 heteroatoms. The molecule has 0 aliphatic carbocycles. The minimum Gasteiger partial charge on any atom is -0.370 e. The number of aromatic nitrogens is 1. The summed E-state index contributed by atoms with van der Waals surface area (Å²) in [5.41, 5.74) is 6.05. The second-order valence-electron chi connectivity index (χ2n) is 4.94. The number of aliphatic imine (C=N–C) groups is 1. The highest BCUT2D eigenvalue weighted by Crippen LogP contribution is 2.16. The molecule has 4 nitrogen and oxygen atoms in total. The first-order chi connectivity index (χ1) is 8.69. The SMILES string of the molecule is CCc1cnc(CN=C(N)N2CCCC(C)C2)s1. The van der Waals surface area contributed by atoms with Gasteiger partial charge in [0.1, 0.15) is 5.01 Å². The van der Waals surface area contributed by atoms with Crippen molar-refractivity contribution in [1.82, 2.24) is 9.88 Å². The molecule has 1 aliphatic heterocycles. The molecule has 0 aromatic carbocycles. The van der Waals surface area contributed by atoms with Gasteiger partial charge in [0.2, 0.25) is 0 Å². The van der Waals surface area contributed by atoms with Crippen molar-refractivity contribution < 1.29 is 0 Å². The minimum atomic E-state index is 0.612. The normalized spacial score (nSPS) is 21.3. The third-order valence-corrected chi connectivity index (χ3v) is 4.43. The van der Waals surface area contributed by atoms with Crippen molar-refractivity contribution in [2.75, 3.05) is 13.1 Å². The molecular formula is C13H22N4S. The highest BCUT2D eigenvalue weighted by molar-refractivity contribution is 7.11. The Morgan fingerprint density at radius 1 is 1.67 bits per heavy atom. The Morgan fingerprint density at radius 3 is 3.17 bits per heavy atom. The lowest BCUT2D eigenvalue weighted by Gasteiger charge is -2.31. The highest BCUT2D eigenvalue weighted by atomic mass is 32.1. The maximum atomic E-state index is 6.05. The van der Waals surface area contributed by atoms with Gasteiger partial charge in [-0.2, -0.15) is 0 Å². The van der Waals surface area contributed by atoms with Crippen LogP contribution in [0.1, 0.15) is 36.6 Å². The molecule has 0 saturated carbocycles. The van der Waals surface area contributed by atoms with Gasteiger partial charge >= 0.3 is 0 Å². The Bertz CT molecular complexity index is 413. The fraction of sp³-hybridized carbons (Fsp3) is 0.692. The number of thiazole rings is 1. The van der Waals surface area contributed by atoms with Gasteiger partial charge in [-0.1, -0.05) is 13.8 Å². The van der Waals surface area contributed by atoms with Crippen LogP contribution in [0.4, 0.5) is 0 Å². The van der Waals surface area contributed by atoms with Crippen LogP contribution in [0.5, 0.6) is 0 Å². The third kappa shape index (κ3) is 3.45. The number of aryl methyl sites for hydroxylation is 1. The van der Waals surface area contributed by atoms with Crippen LogP contribution in [0, 0.1) is 5.92 Å². The molecule has 1 aromatic heterocycles. The number of guanidine groups is 1. The summed E-state index contributed by atoms with van der Waals surface area (Å²) in [5, 5.41) is 1.06. The van der Waals surface area contributed by atoms with Crippen LogP contribution in [-0.4, -0.2) is 28.9 Å². The molecule has 2 heterocycles. The standard InChI is InChI=1S/C13H22N4S/c1-3-11-7-15-12(18-11)8-16-13(14)17-6-4-5-10(2)9-17/h7,10H,3-6,8-9H2,1-2H3,(H2,14,16). The van der Waals surface area contributed by atoms with Crippen LogP contribution in [0.25, 0.3) is 0 Å². The van der Waals surface area contributed by atoms with Crippen molar-refractivity contribution in [1.29, 1.82) is 0 Å². The van der Waals surface area contributed by atoms with Crippen molar-refractivity contribution in [3.8, 4) is 0 Å². The molecule has 1 aliphatic rings. The van der Waals surface area contributed by atoms with Gasteiger partial charge < -0.3 is 10.6 Å². The number of hydrogen-bond donors (Lipinski definition) is 1. The topological polar surface area (TPSA) is 54.5 Å². The molecule has 0 radical (unpaired) electrons. The van der Waals surface area contributed by atoms with Crippen LogP contribution >= 0.6 is 11.3 Å². The number of nitrogens with zero attached hydrogens (tertiary/aromatic N) is 3. The zero-order valence-electron chi connectivity index (χ0n) is 11.2. The first-order valence-electron chi connectivity index (χ1n) is 6.67. The number of likely N-dealkylation sites (tertiary alicyclic amines) is 1. The maximum absolute atomic E-state index is 6.05. The van der Waals surface area contributed by atoms with Gasteiger partial charge in [-0.25, -0.2) is 9.98 Å². The van der Waals surface area contributed by atoms with Crippen LogP contribution in [-0.2, 0) is 13.0 Å². The van der Waals surface area contributed by atoms with Gasteiger partial charge in [-0.05, 0) is 25.2 Å². The predicted molar refractivity (Wildman–Crippen MR) is 76.8 cm³/mol. The molecule has 2 rings (SSSR count). The van der Waals surface area contributed by atoms with Gasteiger partial charge in [0, 0.05) is 24.2 Å². The summed E-state index contributed by atoms with van der Waals surface area (Å²) in [5.74, 6) is 1.40. The van der Waals surface area contributed by atoms with E-state index in [1.165, 1.54) is 17.7 Å². The first kappa shape index (κ1) is 13.3. The Labute approximate surface area is 113 Å². The number of rotatable bonds is 3. The van der Waals surface area contributed by atoms with E-state index in [4.69, 9.17) is 5.73 Å². The van der Waals surface area contributed by atoms with Gasteiger partial charge in [0.15, 0.2) is 5.96 Å². The van der Waals surface area contributed by atoms with Crippen molar-refractivity contribution >= 4 is 17.3 Å². The fourth-order valence-corrected chi connectivity index (χ4v) is 3.02. The molecule has 1 atom stereocenters. The quantitative estimate of drug-likeness (QED) is 0.674. The molecule has 0 bridgehead atoms. The summed E-state index contributed by atoms with van der Waals surface area (Å²) >= 11 is 1.73. The second-order valence-corrected chi connectivity index (χ2v) is 6.14. The second kappa shape index (κ2) is 6.18. The molecule has 1 saturated heterocycles. The predicted octanol–water partition coefficient (Wildman–Crippen LogP) is 2.25. The fourth-order valence-electron chi connectivity index (χ4n) is 2.23. The van der Waals surface area contributed by atoms with Gasteiger partial charge in [0.25, 0.3) is 0 Å². The lowest BCUT2D eigenvalue weighted by atomic mass is 10.0. The van der Waals surface area contributed by atoms with Crippen LogP contribution in [0.3, 0.4) is 0 Å². The summed E-state index contributed by atoms with van der Waals surface area (Å²) in [6.45, 7) is 7.10. The molecule has 18 heavy (non-hydrogen) atoms. The van der Waals surface area contributed by atoms with E-state index < -0.39 is 0 Å². The number of hydrogen-bond acceptors (Lipinski definition) is 3. The monoisotopic (exact) mass is 266 g/mol. The Morgan fingerprint density at radius 2 is 2.50 bits per heavy atom. The molecule has 1 fully saturated rings. The lowest BCUT2D eigenvalue weighted by Crippen LogP contribution is -2.43. The lowest BCUT2D eigenvalue weighted by molar-refractivity contribution is 0.270. The molecule has 0 amide bonds. The molecule has 1 aromatic rings. The van der Waals surface area contributed by atoms with E-state index in [1.807, 2.05) is 6.20 Å². The Kier molecular flexibility index (Phi) is 4.58. The van der Waals surface area contributed by atoms with E-state index in [9.17, 15) is 0 Å². The van der Waals surface area contributed by atoms with Crippen LogP contribution < -0.4 is 5.73 Å². The molecular weight excluding hydrogens is 244 g/mol. The average molecular weight is 266 g/mol. The van der Waals surface area contributed by atoms with Crippen molar-refractivity contribution in [2.24, 2.45) is 16.6 Å². The summed E-state index contributed by atoms with van der Waals surface area (Å²) in [7, 11) is 0. The third-order valence-electron chi connectivity index (χ3n) is 3.31. The number of piperidine rings is 1. The maximum Gasteiger partial charge on any atom is 0.191 e. The molecule has 1 unspecified atom stereocenters. The molecule has 0 spiro atoms. The van der Waals surface area contributed by atoms with E-state index in [-0.39, 0.29) is 0 Å². The summed E-state index contributed by atoms with van der Waals surface area (Å²) in [6, 6.07) is 0. The van der Waals surface area contributed by atoms with E-state index in [2.05, 4.69) is 28.7 Å². The van der Waals surface area contributed by atoms with Gasteiger partial charge in [0.05, 0.1) is 6.54 Å². The Hall–Kier alpha value is -1.10. The van der Waals surface area contributed by atoms with E-state index in [0.29, 0.717) is 12.5 Å². The zero-order chi connectivity index (χ0) is 13.0. The van der Waals surface area contributed by atoms with Crippen molar-refractivity contribution in [2.45, 2.75) is 39.7 Å². The smallest absolute Gasteiger partial charge is 0.191 e. The van der Waals surface area contributed by atoms with Crippen LogP contribution in [0.2, 0.25) is 0 Å². The number of nitrogens with two attached hydrogens (primary N) is 1. The summed E-state index contributed by atoms with van der Waals surface area (Å²) < 4.78 is 0. The molecule has 100 valence electrons. The first-order valence-corrected chi connectivity index (χ1v) is 7.49. The van der Waals surface area contributed by atoms with Crippen molar-refractivity contribution in [3.05, 3.63) is 16.1 Å². The van der Waals surface area contributed by atoms with Gasteiger partial charge in [-0.15, -0.1) is 11.3 Å². The van der Waals surface area contributed by atoms with E-state index in [0.717, 1.165) is 30.4 Å². The Balaban J connectivity index is 1.91. The minimum absolute atomic E-state index is 0.612. The van der Waals surface area contributed by atoms with E-state index in [1.54, 1.807) is 11.3 Å². The van der Waals surface area contributed by atoms with Crippen LogP contribution in [0.15, 0.2) is 11.2 Å². The average Bonchev–Trinajstić information content (AvgIpc) is 2.84. The summed E-state index contributed by atoms with van der Waals surface area (Å²) in [6.07, 6.45) is 5.50. The summed E-state index contributed by atoms with van der Waals surface area (Å²) in [4.78, 5) is 12.3. The van der Waals surface area contributed by atoms with Gasteiger partial charge in [-0.3, -0.25) is 0 Å². The highest BCUT2D eigenvalue weighted by Gasteiger charge is 2.17. The largest absolute Gasteiger partial charge is 0.370 e.